The van der Waals surface area contributed by atoms with Crippen LogP contribution < -0.4 is 5.69 Å². The Bertz CT molecular complexity index is 1370. The van der Waals surface area contributed by atoms with Crippen LogP contribution in [0, 0.1) is 12.7 Å². The molecule has 6 nitrogen and oxygen atoms in total. The van der Waals surface area contributed by atoms with E-state index in [1.54, 1.807) is 31.2 Å². The van der Waals surface area contributed by atoms with Crippen molar-refractivity contribution in [2.75, 3.05) is 0 Å². The maximum atomic E-state index is 14.9. The monoisotopic (exact) mass is 446 g/mol. The van der Waals surface area contributed by atoms with Crippen LogP contribution in [0.2, 0.25) is 0 Å². The van der Waals surface area contributed by atoms with Crippen molar-refractivity contribution in [1.82, 2.24) is 19.7 Å². The van der Waals surface area contributed by atoms with E-state index >= 15 is 0 Å². The van der Waals surface area contributed by atoms with Gasteiger partial charge in [-0.1, -0.05) is 24.3 Å². The summed E-state index contributed by atoms with van der Waals surface area (Å²) in [6.07, 6.45) is -4.56. The zero-order chi connectivity index (χ0) is 23.2. The van der Waals surface area contributed by atoms with Gasteiger partial charge in [-0.3, -0.25) is 4.98 Å². The molecule has 0 bridgehead atoms. The number of hydrogen-bond donors (Lipinski definition) is 2. The van der Waals surface area contributed by atoms with E-state index in [2.05, 4.69) is 15.1 Å². The van der Waals surface area contributed by atoms with Crippen molar-refractivity contribution >= 4 is 10.9 Å². The molecule has 1 unspecified atom stereocenters. The molecule has 166 valence electrons. The van der Waals surface area contributed by atoms with E-state index in [0.717, 1.165) is 24.6 Å². The highest BCUT2D eigenvalue weighted by Gasteiger charge is 2.38. The van der Waals surface area contributed by atoms with Crippen LogP contribution in [0.4, 0.5) is 17.6 Å². The molecular weight excluding hydrogens is 428 g/mol. The van der Waals surface area contributed by atoms with Gasteiger partial charge in [0.05, 0.1) is 17.1 Å². The molecule has 2 N–H and O–H groups in total. The summed E-state index contributed by atoms with van der Waals surface area (Å²) in [6.45, 7) is 2.24. The molecular formula is C22H18F4N4O2. The molecule has 32 heavy (non-hydrogen) atoms. The topological polar surface area (TPSA) is 83.8 Å². The molecule has 0 spiro atoms. The van der Waals surface area contributed by atoms with Gasteiger partial charge in [0.2, 0.25) is 0 Å². The zero-order valence-corrected chi connectivity index (χ0v) is 17.0. The lowest BCUT2D eigenvalue weighted by atomic mass is 9.93. The van der Waals surface area contributed by atoms with Crippen molar-refractivity contribution in [2.45, 2.75) is 32.5 Å². The quantitative estimate of drug-likeness (QED) is 0.456. The molecule has 0 fully saturated rings. The lowest BCUT2D eigenvalue weighted by Crippen LogP contribution is -2.19. The van der Waals surface area contributed by atoms with Gasteiger partial charge < -0.3 is 5.11 Å². The largest absolute Gasteiger partial charge is 0.395 e. The van der Waals surface area contributed by atoms with Crippen molar-refractivity contribution in [3.63, 3.8) is 0 Å². The van der Waals surface area contributed by atoms with Crippen LogP contribution in [0.15, 0.2) is 47.3 Å². The maximum Gasteiger partial charge on any atom is 0.395 e. The Morgan fingerprint density at radius 2 is 1.91 bits per heavy atom. The second-order valence-electron chi connectivity index (χ2n) is 7.44. The summed E-state index contributed by atoms with van der Waals surface area (Å²) < 4.78 is 56.7. The van der Waals surface area contributed by atoms with E-state index < -0.39 is 30.2 Å². The summed E-state index contributed by atoms with van der Waals surface area (Å²) in [7, 11) is 0. The molecule has 4 aromatic rings. The molecule has 0 aliphatic heterocycles. The minimum atomic E-state index is -4.56. The van der Waals surface area contributed by atoms with E-state index in [9.17, 15) is 22.4 Å². The number of nitrogens with one attached hydrogen (secondary N) is 1. The number of alkyl halides is 3. The average Bonchev–Trinajstić information content (AvgIpc) is 3.12. The second kappa shape index (κ2) is 7.86. The first-order valence-corrected chi connectivity index (χ1v) is 9.66. The highest BCUT2D eigenvalue weighted by molar-refractivity contribution is 5.88. The molecule has 0 aliphatic rings. The van der Waals surface area contributed by atoms with Crippen LogP contribution in [0.1, 0.15) is 29.8 Å². The van der Waals surface area contributed by atoms with Crippen LogP contribution in [-0.2, 0) is 6.61 Å². The van der Waals surface area contributed by atoms with Gasteiger partial charge in [0, 0.05) is 17.0 Å². The normalized spacial score (nSPS) is 13.0. The Labute approximate surface area is 179 Å². The second-order valence-corrected chi connectivity index (χ2v) is 7.44. The zero-order valence-electron chi connectivity index (χ0n) is 17.0. The van der Waals surface area contributed by atoms with Crippen molar-refractivity contribution < 1.29 is 22.7 Å². The molecule has 0 radical (unpaired) electrons. The molecule has 0 saturated heterocycles. The number of benzene rings is 2. The smallest absolute Gasteiger partial charge is 0.388 e. The third-order valence-electron chi connectivity index (χ3n) is 5.33. The van der Waals surface area contributed by atoms with E-state index in [-0.39, 0.29) is 33.7 Å². The number of aliphatic hydroxyl groups excluding tert-OH is 1. The number of aromatic amines is 1. The fourth-order valence-corrected chi connectivity index (χ4v) is 3.56. The van der Waals surface area contributed by atoms with Gasteiger partial charge >= 0.3 is 11.9 Å². The van der Waals surface area contributed by atoms with Crippen LogP contribution in [0.5, 0.6) is 0 Å². The Morgan fingerprint density at radius 1 is 1.19 bits per heavy atom. The van der Waals surface area contributed by atoms with Crippen molar-refractivity contribution in [2.24, 2.45) is 0 Å². The standard InChI is InChI=1S/C22H18F4N4O2/c1-11-5-3-4-6-13(11)17-7-14(12(2)22(24,25)26)15-8-19(16(23)9-18(15)27-17)30-21(32)28-20(10-31)29-30/h3-9,12,31H,10H2,1-2H3,(H,28,29,32). The molecule has 2 heterocycles. The third kappa shape index (κ3) is 3.77. The number of rotatable bonds is 4. The molecule has 0 saturated carbocycles. The van der Waals surface area contributed by atoms with E-state index in [1.165, 1.54) is 6.07 Å². The lowest BCUT2D eigenvalue weighted by molar-refractivity contribution is -0.146. The SMILES string of the molecule is Cc1ccccc1-c1cc(C(C)C(F)(F)F)c2cc(-n3nc(CO)[nH]c3=O)c(F)cc2n1. The number of nitrogens with zero attached hydrogens (tertiary/aromatic N) is 3. The summed E-state index contributed by atoms with van der Waals surface area (Å²) in [5.41, 5.74) is 0.458. The fraction of sp³-hybridized carbons (Fsp3) is 0.227. The summed E-state index contributed by atoms with van der Waals surface area (Å²) >= 11 is 0. The lowest BCUT2D eigenvalue weighted by Gasteiger charge is -2.20. The van der Waals surface area contributed by atoms with Crippen LogP contribution >= 0.6 is 0 Å². The molecule has 4 rings (SSSR count). The maximum absolute atomic E-state index is 14.9. The van der Waals surface area contributed by atoms with Gasteiger partial charge in [0.15, 0.2) is 11.6 Å². The van der Waals surface area contributed by atoms with Crippen LogP contribution in [0.3, 0.4) is 0 Å². The highest BCUT2D eigenvalue weighted by Crippen LogP contribution is 2.40. The van der Waals surface area contributed by atoms with Gasteiger partial charge in [-0.2, -0.15) is 17.9 Å². The first kappa shape index (κ1) is 21.7. The average molecular weight is 446 g/mol. The molecule has 1 atom stereocenters. The first-order valence-electron chi connectivity index (χ1n) is 9.66. The predicted octanol–water partition coefficient (Wildman–Crippen LogP) is 4.38. The number of aryl methyl sites for hydroxylation is 1. The highest BCUT2D eigenvalue weighted by atomic mass is 19.4. The number of pyridine rings is 1. The summed E-state index contributed by atoms with van der Waals surface area (Å²) in [4.78, 5) is 18.8. The predicted molar refractivity (Wildman–Crippen MR) is 110 cm³/mol. The van der Waals surface area contributed by atoms with Gasteiger partial charge in [-0.05, 0) is 37.1 Å². The minimum Gasteiger partial charge on any atom is -0.388 e. The number of aliphatic hydroxyl groups is 1. The number of fused-ring (bicyclic) bond motifs is 1. The van der Waals surface area contributed by atoms with E-state index in [0.29, 0.717) is 10.2 Å². The molecule has 0 amide bonds. The Morgan fingerprint density at radius 3 is 2.53 bits per heavy atom. The Balaban J connectivity index is 2.03. The van der Waals surface area contributed by atoms with Gasteiger partial charge in [0.25, 0.3) is 0 Å². The van der Waals surface area contributed by atoms with Crippen molar-refractivity contribution in [1.29, 1.82) is 0 Å². The van der Waals surface area contributed by atoms with Gasteiger partial charge in [-0.15, -0.1) is 5.10 Å². The minimum absolute atomic E-state index is 0.0177. The number of halogens is 4. The summed E-state index contributed by atoms with van der Waals surface area (Å²) in [5, 5.41) is 13.0. The van der Waals surface area contributed by atoms with Gasteiger partial charge in [-0.25, -0.2) is 14.2 Å². The number of H-pyrrole nitrogens is 1. The number of hydrogen-bond acceptors (Lipinski definition) is 4. The van der Waals surface area contributed by atoms with E-state index in [1.807, 2.05) is 0 Å². The fourth-order valence-electron chi connectivity index (χ4n) is 3.56. The molecule has 10 heteroatoms. The van der Waals surface area contributed by atoms with Crippen molar-refractivity contribution in [3.05, 3.63) is 75.7 Å². The van der Waals surface area contributed by atoms with E-state index in [4.69, 9.17) is 5.11 Å². The Hall–Kier alpha value is -3.53. The molecule has 0 aliphatic carbocycles. The van der Waals surface area contributed by atoms with Crippen LogP contribution in [0.25, 0.3) is 27.8 Å². The first-order chi connectivity index (χ1) is 15.1. The van der Waals surface area contributed by atoms with Crippen molar-refractivity contribution in [3.8, 4) is 16.9 Å². The summed E-state index contributed by atoms with van der Waals surface area (Å²) in [5.74, 6) is -2.87. The third-order valence-corrected chi connectivity index (χ3v) is 5.33. The van der Waals surface area contributed by atoms with Crippen LogP contribution in [-0.4, -0.2) is 31.0 Å². The van der Waals surface area contributed by atoms with Gasteiger partial charge in [0.1, 0.15) is 12.3 Å². The summed E-state index contributed by atoms with van der Waals surface area (Å²) in [6, 6.07) is 10.5. The molecule has 2 aromatic carbocycles. The molecule has 2 aromatic heterocycles. The Kier molecular flexibility index (Phi) is 5.33. The number of aromatic nitrogens is 4.